The highest BCUT2D eigenvalue weighted by Crippen LogP contribution is 2.28. The Morgan fingerprint density at radius 3 is 2.58 bits per heavy atom. The molecule has 0 spiro atoms. The fourth-order valence-electron chi connectivity index (χ4n) is 3.65. The highest BCUT2D eigenvalue weighted by Gasteiger charge is 2.25. The molecule has 1 aliphatic heterocycles. The molecular formula is C23H30N4O3S. The van der Waals surface area contributed by atoms with E-state index in [1.807, 2.05) is 25.1 Å². The first kappa shape index (κ1) is 22.8. The molecule has 1 heterocycles. The van der Waals surface area contributed by atoms with Crippen LogP contribution >= 0.6 is 0 Å². The van der Waals surface area contributed by atoms with E-state index in [1.54, 1.807) is 18.2 Å². The molecule has 2 aromatic carbocycles. The fourth-order valence-corrected chi connectivity index (χ4v) is 4.81. The van der Waals surface area contributed by atoms with E-state index in [4.69, 9.17) is 0 Å². The zero-order valence-electron chi connectivity index (χ0n) is 18.0. The van der Waals surface area contributed by atoms with Crippen molar-refractivity contribution in [3.63, 3.8) is 0 Å². The number of hydrogen-bond acceptors (Lipinski definition) is 5. The smallest absolute Gasteiger partial charge is 0.286 e. The molecule has 31 heavy (non-hydrogen) atoms. The first-order valence-electron chi connectivity index (χ1n) is 10.7. The Morgan fingerprint density at radius 1 is 1.13 bits per heavy atom. The van der Waals surface area contributed by atoms with Crippen LogP contribution in [0.1, 0.15) is 33.1 Å². The van der Waals surface area contributed by atoms with Crippen molar-refractivity contribution in [3.05, 3.63) is 54.6 Å². The lowest BCUT2D eigenvalue weighted by molar-refractivity contribution is -0.121. The van der Waals surface area contributed by atoms with Crippen molar-refractivity contribution in [1.29, 1.82) is 0 Å². The van der Waals surface area contributed by atoms with Crippen molar-refractivity contribution in [3.8, 4) is 0 Å². The summed E-state index contributed by atoms with van der Waals surface area (Å²) in [6.45, 7) is 6.43. The van der Waals surface area contributed by atoms with Crippen molar-refractivity contribution in [2.24, 2.45) is 10.3 Å². The summed E-state index contributed by atoms with van der Waals surface area (Å²) in [6, 6.07) is 16.9. The molecule has 3 rings (SSSR count). The number of amidine groups is 1. The van der Waals surface area contributed by atoms with Crippen molar-refractivity contribution in [2.45, 2.75) is 38.0 Å². The minimum absolute atomic E-state index is 0.0325. The molecule has 1 atom stereocenters. The normalized spacial score (nSPS) is 15.2. The standard InChI is InChI=1S/C23H30N4O3S/c1-3-27(19-10-5-4-6-11-19)15-9-14-24-23(28)17-18(2)16-22-25-20-12-7-8-13-21(20)31(29,30)26-22/h4-8,10-13,18H,3,9,14-17H2,1-2H3,(H,24,28)(H,25,26)/t18-/m1/s1. The molecular weight excluding hydrogens is 412 g/mol. The number of carbonyl (C=O) groups is 1. The van der Waals surface area contributed by atoms with Crippen molar-refractivity contribution in [2.75, 3.05) is 29.9 Å². The summed E-state index contributed by atoms with van der Waals surface area (Å²) in [5.41, 5.74) is 1.71. The van der Waals surface area contributed by atoms with Gasteiger partial charge in [-0.1, -0.05) is 37.3 Å². The van der Waals surface area contributed by atoms with Crippen molar-refractivity contribution in [1.82, 2.24) is 5.32 Å². The van der Waals surface area contributed by atoms with Crippen LogP contribution in [0.2, 0.25) is 0 Å². The van der Waals surface area contributed by atoms with E-state index in [1.165, 1.54) is 11.8 Å². The number of fused-ring (bicyclic) bond motifs is 1. The molecule has 7 nitrogen and oxygen atoms in total. The zero-order valence-corrected chi connectivity index (χ0v) is 18.9. The molecule has 0 saturated heterocycles. The predicted molar refractivity (Wildman–Crippen MR) is 125 cm³/mol. The number of para-hydroxylation sites is 2. The maximum Gasteiger partial charge on any atom is 0.286 e. The number of benzene rings is 2. The fraction of sp³-hybridized carbons (Fsp3) is 0.391. The summed E-state index contributed by atoms with van der Waals surface area (Å²) in [5, 5.41) is 6.05. The Bertz CT molecular complexity index is 1020. The first-order chi connectivity index (χ1) is 14.9. The molecule has 0 aromatic heterocycles. The number of rotatable bonds is 10. The van der Waals surface area contributed by atoms with E-state index in [0.717, 1.165) is 19.5 Å². The molecule has 0 saturated carbocycles. The second kappa shape index (κ2) is 10.4. The highest BCUT2D eigenvalue weighted by atomic mass is 32.2. The van der Waals surface area contributed by atoms with Gasteiger partial charge in [-0.05, 0) is 43.5 Å². The molecule has 0 fully saturated rings. The Kier molecular flexibility index (Phi) is 7.68. The topological polar surface area (TPSA) is 90.9 Å². The second-order valence-electron chi connectivity index (χ2n) is 7.77. The van der Waals surface area contributed by atoms with E-state index in [-0.39, 0.29) is 16.7 Å². The SMILES string of the molecule is CCN(CCCNC(=O)C[C@H](C)CC1=NS(=O)(=O)c2ccccc2N1)c1ccccc1. The minimum Gasteiger partial charge on any atom is -0.372 e. The van der Waals surface area contributed by atoms with Crippen LogP contribution in [0, 0.1) is 5.92 Å². The number of nitrogens with one attached hydrogen (secondary N) is 2. The van der Waals surface area contributed by atoms with Crippen molar-refractivity contribution < 1.29 is 13.2 Å². The number of nitrogens with zero attached hydrogens (tertiary/aromatic N) is 2. The number of hydrogen-bond donors (Lipinski definition) is 2. The molecule has 8 heteroatoms. The van der Waals surface area contributed by atoms with Crippen LogP contribution in [0.15, 0.2) is 63.9 Å². The van der Waals surface area contributed by atoms with Gasteiger partial charge < -0.3 is 15.5 Å². The lowest BCUT2D eigenvalue weighted by Crippen LogP contribution is -2.31. The van der Waals surface area contributed by atoms with Crippen LogP contribution in [0.25, 0.3) is 0 Å². The van der Waals surface area contributed by atoms with Crippen LogP contribution in [0.4, 0.5) is 11.4 Å². The monoisotopic (exact) mass is 442 g/mol. The molecule has 2 aromatic rings. The average Bonchev–Trinajstić information content (AvgIpc) is 2.74. The maximum atomic E-state index is 12.3. The second-order valence-corrected chi connectivity index (χ2v) is 9.34. The van der Waals surface area contributed by atoms with Gasteiger partial charge in [0, 0.05) is 38.2 Å². The van der Waals surface area contributed by atoms with Gasteiger partial charge in [-0.2, -0.15) is 8.42 Å². The largest absolute Gasteiger partial charge is 0.372 e. The van der Waals surface area contributed by atoms with Gasteiger partial charge in [-0.15, -0.1) is 4.40 Å². The first-order valence-corrected chi connectivity index (χ1v) is 12.1. The third kappa shape index (κ3) is 6.30. The number of carbonyl (C=O) groups excluding carboxylic acids is 1. The number of anilines is 2. The van der Waals surface area contributed by atoms with E-state index < -0.39 is 10.0 Å². The summed E-state index contributed by atoms with van der Waals surface area (Å²) in [7, 11) is -3.70. The van der Waals surface area contributed by atoms with Crippen LogP contribution in [-0.4, -0.2) is 39.8 Å². The Labute approximate surface area is 184 Å². The number of amides is 1. The van der Waals surface area contributed by atoms with Gasteiger partial charge in [0.05, 0.1) is 5.69 Å². The van der Waals surface area contributed by atoms with Crippen LogP contribution < -0.4 is 15.5 Å². The summed E-state index contributed by atoms with van der Waals surface area (Å²) < 4.78 is 28.5. The van der Waals surface area contributed by atoms with Crippen LogP contribution in [-0.2, 0) is 14.8 Å². The van der Waals surface area contributed by atoms with Gasteiger partial charge in [0.1, 0.15) is 10.7 Å². The minimum atomic E-state index is -3.70. The number of sulfonamides is 1. The molecule has 2 N–H and O–H groups in total. The molecule has 0 bridgehead atoms. The van der Waals surface area contributed by atoms with Crippen molar-refractivity contribution >= 4 is 33.1 Å². The summed E-state index contributed by atoms with van der Waals surface area (Å²) in [5.74, 6) is 0.304. The Morgan fingerprint density at radius 2 is 1.84 bits per heavy atom. The van der Waals surface area contributed by atoms with E-state index in [2.05, 4.69) is 39.0 Å². The van der Waals surface area contributed by atoms with Gasteiger partial charge in [-0.25, -0.2) is 0 Å². The molecule has 0 unspecified atom stereocenters. The van der Waals surface area contributed by atoms with Gasteiger partial charge in [-0.3, -0.25) is 4.79 Å². The lowest BCUT2D eigenvalue weighted by atomic mass is 10.0. The van der Waals surface area contributed by atoms with Crippen LogP contribution in [0.3, 0.4) is 0 Å². The summed E-state index contributed by atoms with van der Waals surface area (Å²) in [4.78, 5) is 14.8. The molecule has 0 aliphatic carbocycles. The van der Waals surface area contributed by atoms with Gasteiger partial charge >= 0.3 is 0 Å². The summed E-state index contributed by atoms with van der Waals surface area (Å²) in [6.07, 6.45) is 1.56. The van der Waals surface area contributed by atoms with E-state index >= 15 is 0 Å². The van der Waals surface area contributed by atoms with Gasteiger partial charge in [0.25, 0.3) is 10.0 Å². The quantitative estimate of drug-likeness (QED) is 0.548. The predicted octanol–water partition coefficient (Wildman–Crippen LogP) is 3.65. The Hall–Kier alpha value is -2.87. The third-order valence-electron chi connectivity index (χ3n) is 5.18. The molecule has 1 amide bonds. The maximum absolute atomic E-state index is 12.3. The van der Waals surface area contributed by atoms with Crippen LogP contribution in [0.5, 0.6) is 0 Å². The van der Waals surface area contributed by atoms with E-state index in [9.17, 15) is 13.2 Å². The Balaban J connectivity index is 1.42. The third-order valence-corrected chi connectivity index (χ3v) is 6.55. The summed E-state index contributed by atoms with van der Waals surface area (Å²) >= 11 is 0. The zero-order chi connectivity index (χ0) is 22.3. The van der Waals surface area contributed by atoms with Gasteiger partial charge in [0.2, 0.25) is 5.91 Å². The lowest BCUT2D eigenvalue weighted by Gasteiger charge is -2.23. The molecule has 166 valence electrons. The highest BCUT2D eigenvalue weighted by molar-refractivity contribution is 7.90. The molecule has 0 radical (unpaired) electrons. The van der Waals surface area contributed by atoms with Gasteiger partial charge in [0.15, 0.2) is 0 Å². The average molecular weight is 443 g/mol. The molecule has 1 aliphatic rings. The van der Waals surface area contributed by atoms with E-state index in [0.29, 0.717) is 30.9 Å².